The zero-order valence-corrected chi connectivity index (χ0v) is 8.52. The lowest BCUT2D eigenvalue weighted by Crippen LogP contribution is -2.15. The maximum atomic E-state index is 3.65. The number of hydrogen-bond donors (Lipinski definition) is 0. The molecule has 1 fully saturated rings. The number of hydrogen-bond acceptors (Lipinski definition) is 0. The standard InChI is InChI=1S/C9H17Br/c1-7(8(2)10)9-5-3-4-6-9/h7-9H,3-6H2,1-2H3. The van der Waals surface area contributed by atoms with Crippen molar-refractivity contribution < 1.29 is 0 Å². The Hall–Kier alpha value is 0.480. The van der Waals surface area contributed by atoms with E-state index in [4.69, 9.17) is 0 Å². The summed E-state index contributed by atoms with van der Waals surface area (Å²) in [5, 5.41) is 0. The second kappa shape index (κ2) is 3.75. The van der Waals surface area contributed by atoms with Crippen molar-refractivity contribution in [2.24, 2.45) is 11.8 Å². The molecule has 1 rings (SSSR count). The Morgan fingerprint density at radius 2 is 1.70 bits per heavy atom. The van der Waals surface area contributed by atoms with E-state index in [1.54, 1.807) is 0 Å². The predicted molar refractivity (Wildman–Crippen MR) is 49.5 cm³/mol. The fourth-order valence-corrected chi connectivity index (χ4v) is 2.29. The minimum absolute atomic E-state index is 0.704. The monoisotopic (exact) mass is 204 g/mol. The molecule has 60 valence electrons. The third kappa shape index (κ3) is 1.98. The molecule has 0 nitrogen and oxygen atoms in total. The molecule has 0 spiro atoms. The first-order valence-corrected chi connectivity index (χ1v) is 5.27. The van der Waals surface area contributed by atoms with Gasteiger partial charge in [0.1, 0.15) is 0 Å². The summed E-state index contributed by atoms with van der Waals surface area (Å²) in [6.45, 7) is 4.64. The van der Waals surface area contributed by atoms with Gasteiger partial charge in [0.05, 0.1) is 0 Å². The molecule has 0 bridgehead atoms. The Kier molecular flexibility index (Phi) is 3.22. The molecular weight excluding hydrogens is 188 g/mol. The highest BCUT2D eigenvalue weighted by Gasteiger charge is 2.23. The predicted octanol–water partition coefficient (Wildman–Crippen LogP) is 3.60. The summed E-state index contributed by atoms with van der Waals surface area (Å²) >= 11 is 3.65. The molecule has 1 aliphatic carbocycles. The first-order chi connectivity index (χ1) is 4.72. The Balaban J connectivity index is 2.32. The number of halogens is 1. The van der Waals surface area contributed by atoms with Gasteiger partial charge in [-0.15, -0.1) is 0 Å². The summed E-state index contributed by atoms with van der Waals surface area (Å²) in [5.74, 6) is 1.89. The van der Waals surface area contributed by atoms with E-state index in [2.05, 4.69) is 29.8 Å². The van der Waals surface area contributed by atoms with Crippen molar-refractivity contribution in [3.63, 3.8) is 0 Å². The molecule has 10 heavy (non-hydrogen) atoms. The third-order valence-corrected chi connectivity index (χ3v) is 3.70. The molecule has 2 atom stereocenters. The highest BCUT2D eigenvalue weighted by molar-refractivity contribution is 9.09. The summed E-state index contributed by atoms with van der Waals surface area (Å²) in [6, 6.07) is 0. The van der Waals surface area contributed by atoms with E-state index in [1.807, 2.05) is 0 Å². The minimum Gasteiger partial charge on any atom is -0.0891 e. The van der Waals surface area contributed by atoms with Gasteiger partial charge in [-0.3, -0.25) is 0 Å². The smallest absolute Gasteiger partial charge is 0.0145 e. The van der Waals surface area contributed by atoms with Crippen LogP contribution >= 0.6 is 15.9 Å². The lowest BCUT2D eigenvalue weighted by molar-refractivity contribution is 0.368. The largest absolute Gasteiger partial charge is 0.0891 e. The molecule has 0 aromatic rings. The van der Waals surface area contributed by atoms with Crippen LogP contribution in [-0.2, 0) is 0 Å². The topological polar surface area (TPSA) is 0 Å². The molecule has 0 N–H and O–H groups in total. The molecule has 0 aromatic carbocycles. The van der Waals surface area contributed by atoms with Crippen molar-refractivity contribution in [3.05, 3.63) is 0 Å². The Labute approximate surface area is 72.5 Å². The first kappa shape index (κ1) is 8.58. The highest BCUT2D eigenvalue weighted by atomic mass is 79.9. The molecular formula is C9H17Br. The van der Waals surface area contributed by atoms with Crippen molar-refractivity contribution >= 4 is 15.9 Å². The summed E-state index contributed by atoms with van der Waals surface area (Å²) in [7, 11) is 0. The molecule has 1 saturated carbocycles. The van der Waals surface area contributed by atoms with Gasteiger partial charge in [-0.25, -0.2) is 0 Å². The Bertz CT molecular complexity index is 92.9. The lowest BCUT2D eigenvalue weighted by atomic mass is 9.91. The quantitative estimate of drug-likeness (QED) is 0.604. The molecule has 0 amide bonds. The summed E-state index contributed by atoms with van der Waals surface area (Å²) in [6.07, 6.45) is 5.87. The van der Waals surface area contributed by atoms with Crippen LogP contribution in [0.4, 0.5) is 0 Å². The van der Waals surface area contributed by atoms with Crippen LogP contribution in [0.25, 0.3) is 0 Å². The van der Waals surface area contributed by atoms with E-state index in [9.17, 15) is 0 Å². The number of rotatable bonds is 2. The average molecular weight is 205 g/mol. The van der Waals surface area contributed by atoms with Crippen LogP contribution < -0.4 is 0 Å². The first-order valence-electron chi connectivity index (χ1n) is 4.36. The highest BCUT2D eigenvalue weighted by Crippen LogP contribution is 2.34. The zero-order valence-electron chi connectivity index (χ0n) is 6.94. The van der Waals surface area contributed by atoms with Crippen molar-refractivity contribution in [2.75, 3.05) is 0 Å². The van der Waals surface area contributed by atoms with Gasteiger partial charge in [-0.1, -0.05) is 55.5 Å². The fraction of sp³-hybridized carbons (Fsp3) is 1.00. The van der Waals surface area contributed by atoms with Gasteiger partial charge in [0.15, 0.2) is 0 Å². The van der Waals surface area contributed by atoms with Gasteiger partial charge in [0, 0.05) is 4.83 Å². The van der Waals surface area contributed by atoms with Gasteiger partial charge < -0.3 is 0 Å². The van der Waals surface area contributed by atoms with Gasteiger partial charge in [0.25, 0.3) is 0 Å². The van der Waals surface area contributed by atoms with Crippen molar-refractivity contribution in [2.45, 2.75) is 44.4 Å². The van der Waals surface area contributed by atoms with Crippen molar-refractivity contribution in [3.8, 4) is 0 Å². The SMILES string of the molecule is CC(Br)C(C)C1CCCC1. The molecule has 0 aromatic heterocycles. The maximum absolute atomic E-state index is 3.65. The average Bonchev–Trinajstić information content (AvgIpc) is 2.36. The van der Waals surface area contributed by atoms with Crippen LogP contribution in [0.15, 0.2) is 0 Å². The molecule has 0 saturated heterocycles. The van der Waals surface area contributed by atoms with Crippen LogP contribution in [0.3, 0.4) is 0 Å². The van der Waals surface area contributed by atoms with Crippen molar-refractivity contribution in [1.29, 1.82) is 0 Å². The van der Waals surface area contributed by atoms with Gasteiger partial charge in [-0.05, 0) is 11.8 Å². The Morgan fingerprint density at radius 1 is 1.20 bits per heavy atom. The maximum Gasteiger partial charge on any atom is 0.0145 e. The van der Waals surface area contributed by atoms with E-state index in [0.29, 0.717) is 4.83 Å². The normalized spacial score (nSPS) is 26.7. The van der Waals surface area contributed by atoms with E-state index >= 15 is 0 Å². The summed E-state index contributed by atoms with van der Waals surface area (Å²) < 4.78 is 0. The fourth-order valence-electron chi connectivity index (χ4n) is 1.86. The lowest BCUT2D eigenvalue weighted by Gasteiger charge is -2.20. The molecule has 0 radical (unpaired) electrons. The van der Waals surface area contributed by atoms with Crippen LogP contribution in [0.1, 0.15) is 39.5 Å². The van der Waals surface area contributed by atoms with E-state index in [-0.39, 0.29) is 0 Å². The van der Waals surface area contributed by atoms with Crippen LogP contribution in [0, 0.1) is 11.8 Å². The molecule has 0 heterocycles. The van der Waals surface area contributed by atoms with Crippen LogP contribution in [-0.4, -0.2) is 4.83 Å². The van der Waals surface area contributed by atoms with E-state index in [1.165, 1.54) is 25.7 Å². The molecule has 2 unspecified atom stereocenters. The number of alkyl halides is 1. The van der Waals surface area contributed by atoms with E-state index in [0.717, 1.165) is 11.8 Å². The van der Waals surface area contributed by atoms with Crippen LogP contribution in [0.2, 0.25) is 0 Å². The Morgan fingerprint density at radius 3 is 2.10 bits per heavy atom. The van der Waals surface area contributed by atoms with Gasteiger partial charge in [-0.2, -0.15) is 0 Å². The molecule has 1 heteroatoms. The second-order valence-corrected chi connectivity index (χ2v) is 5.03. The molecule has 1 aliphatic rings. The summed E-state index contributed by atoms with van der Waals surface area (Å²) in [4.78, 5) is 0.704. The molecule has 0 aliphatic heterocycles. The van der Waals surface area contributed by atoms with Crippen molar-refractivity contribution in [1.82, 2.24) is 0 Å². The van der Waals surface area contributed by atoms with Crippen LogP contribution in [0.5, 0.6) is 0 Å². The minimum atomic E-state index is 0.704. The second-order valence-electron chi connectivity index (χ2n) is 3.58. The zero-order chi connectivity index (χ0) is 7.56. The van der Waals surface area contributed by atoms with E-state index < -0.39 is 0 Å². The third-order valence-electron chi connectivity index (χ3n) is 2.87. The van der Waals surface area contributed by atoms with Gasteiger partial charge >= 0.3 is 0 Å². The summed E-state index contributed by atoms with van der Waals surface area (Å²) in [5.41, 5.74) is 0. The van der Waals surface area contributed by atoms with Gasteiger partial charge in [0.2, 0.25) is 0 Å².